The zero-order chi connectivity index (χ0) is 11.0. The Labute approximate surface area is 94.1 Å². The molecule has 1 aromatic heterocycles. The van der Waals surface area contributed by atoms with E-state index in [9.17, 15) is 4.79 Å². The summed E-state index contributed by atoms with van der Waals surface area (Å²) in [7, 11) is 0. The molecule has 3 rings (SSSR count). The van der Waals surface area contributed by atoms with Crippen LogP contribution < -0.4 is 0 Å². The predicted octanol–water partition coefficient (Wildman–Crippen LogP) is 2.58. The van der Waals surface area contributed by atoms with Crippen molar-refractivity contribution in [2.24, 2.45) is 5.92 Å². The number of fused-ring (bicyclic) bond motifs is 1. The van der Waals surface area contributed by atoms with E-state index >= 15 is 0 Å². The number of carbonyl (C=O) groups is 1. The van der Waals surface area contributed by atoms with Gasteiger partial charge in [-0.3, -0.25) is 4.68 Å². The molecule has 16 heavy (non-hydrogen) atoms. The molecule has 82 valence electrons. The van der Waals surface area contributed by atoms with Gasteiger partial charge >= 0.3 is 0 Å². The molecular formula is C13H14N2O. The van der Waals surface area contributed by atoms with E-state index in [2.05, 4.69) is 17.2 Å². The van der Waals surface area contributed by atoms with Gasteiger partial charge in [-0.15, -0.1) is 0 Å². The lowest BCUT2D eigenvalue weighted by Gasteiger charge is -2.15. The topological polar surface area (TPSA) is 34.9 Å². The Balaban J connectivity index is 2.08. The van der Waals surface area contributed by atoms with Gasteiger partial charge in [-0.05, 0) is 18.9 Å². The van der Waals surface area contributed by atoms with Crippen molar-refractivity contribution < 1.29 is 4.79 Å². The Hall–Kier alpha value is -1.64. The predicted molar refractivity (Wildman–Crippen MR) is 62.2 cm³/mol. The molecule has 2 atom stereocenters. The molecule has 0 radical (unpaired) electrons. The normalized spacial score (nSPS) is 25.0. The molecule has 1 aliphatic carbocycles. The van der Waals surface area contributed by atoms with Gasteiger partial charge in [0.15, 0.2) is 0 Å². The summed E-state index contributed by atoms with van der Waals surface area (Å²) in [6.45, 7) is 0. The highest BCUT2D eigenvalue weighted by Gasteiger charge is 2.29. The quantitative estimate of drug-likeness (QED) is 0.720. The molecule has 0 spiro atoms. The van der Waals surface area contributed by atoms with Gasteiger partial charge in [0.05, 0.1) is 17.8 Å². The Morgan fingerprint density at radius 3 is 3.06 bits per heavy atom. The highest BCUT2D eigenvalue weighted by molar-refractivity contribution is 5.78. The Morgan fingerprint density at radius 1 is 1.31 bits per heavy atom. The van der Waals surface area contributed by atoms with E-state index in [4.69, 9.17) is 0 Å². The molecule has 1 aromatic carbocycles. The number of carbonyl (C=O) groups excluding carboxylic acids is 1. The summed E-state index contributed by atoms with van der Waals surface area (Å²) < 4.78 is 2.03. The minimum atomic E-state index is 0.142. The first-order valence-corrected chi connectivity index (χ1v) is 5.77. The number of para-hydroxylation sites is 1. The van der Waals surface area contributed by atoms with E-state index in [1.54, 1.807) is 0 Å². The second-order valence-electron chi connectivity index (χ2n) is 4.45. The van der Waals surface area contributed by atoms with Crippen LogP contribution in [-0.2, 0) is 4.79 Å². The first-order valence-electron chi connectivity index (χ1n) is 5.77. The highest BCUT2D eigenvalue weighted by atomic mass is 16.1. The molecule has 3 nitrogen and oxygen atoms in total. The molecular weight excluding hydrogens is 200 g/mol. The number of aldehydes is 1. The number of rotatable bonds is 2. The van der Waals surface area contributed by atoms with Crippen molar-refractivity contribution >= 4 is 17.2 Å². The molecule has 0 bridgehead atoms. The van der Waals surface area contributed by atoms with Gasteiger partial charge in [0.2, 0.25) is 0 Å². The summed E-state index contributed by atoms with van der Waals surface area (Å²) >= 11 is 0. The van der Waals surface area contributed by atoms with Crippen molar-refractivity contribution in [1.29, 1.82) is 0 Å². The van der Waals surface area contributed by atoms with E-state index in [1.165, 1.54) is 0 Å². The fourth-order valence-corrected chi connectivity index (χ4v) is 2.69. The fourth-order valence-electron chi connectivity index (χ4n) is 2.69. The number of hydrogen-bond donors (Lipinski definition) is 0. The maximum atomic E-state index is 11.0. The molecule has 1 fully saturated rings. The minimum absolute atomic E-state index is 0.142. The van der Waals surface area contributed by atoms with Gasteiger partial charge in [0.1, 0.15) is 6.29 Å². The highest BCUT2D eigenvalue weighted by Crippen LogP contribution is 2.35. The molecule has 0 N–H and O–H groups in total. The summed E-state index contributed by atoms with van der Waals surface area (Å²) in [4.78, 5) is 11.0. The van der Waals surface area contributed by atoms with E-state index in [1.807, 2.05) is 23.0 Å². The molecule has 0 aliphatic heterocycles. The van der Waals surface area contributed by atoms with E-state index in [0.717, 1.165) is 36.5 Å². The average molecular weight is 214 g/mol. The maximum Gasteiger partial charge on any atom is 0.125 e. The molecule has 2 unspecified atom stereocenters. The summed E-state index contributed by atoms with van der Waals surface area (Å²) in [5.74, 6) is 0.142. The van der Waals surface area contributed by atoms with Crippen LogP contribution in [0, 0.1) is 5.92 Å². The number of hydrogen-bond acceptors (Lipinski definition) is 2. The smallest absolute Gasteiger partial charge is 0.125 e. The van der Waals surface area contributed by atoms with E-state index in [0.29, 0.717) is 0 Å². The zero-order valence-corrected chi connectivity index (χ0v) is 9.04. The van der Waals surface area contributed by atoms with Gasteiger partial charge in [-0.2, -0.15) is 5.10 Å². The summed E-state index contributed by atoms with van der Waals surface area (Å²) in [6.07, 6.45) is 6.17. The van der Waals surface area contributed by atoms with Crippen molar-refractivity contribution in [2.75, 3.05) is 0 Å². The van der Waals surface area contributed by atoms with Gasteiger partial charge in [0, 0.05) is 11.3 Å². The third-order valence-electron chi connectivity index (χ3n) is 3.53. The standard InChI is InChI=1S/C13H14N2O/c16-9-11-5-3-7-13(11)15-12-6-2-1-4-10(12)8-14-15/h1-2,4,6,8-9,11,13H,3,5,7H2. The van der Waals surface area contributed by atoms with Crippen molar-refractivity contribution in [3.05, 3.63) is 30.5 Å². The fraction of sp³-hybridized carbons (Fsp3) is 0.385. The summed E-state index contributed by atoms with van der Waals surface area (Å²) in [6, 6.07) is 8.43. The van der Waals surface area contributed by atoms with E-state index in [-0.39, 0.29) is 12.0 Å². The monoisotopic (exact) mass is 214 g/mol. The van der Waals surface area contributed by atoms with Crippen molar-refractivity contribution in [3.63, 3.8) is 0 Å². The first-order chi connectivity index (χ1) is 7.90. The van der Waals surface area contributed by atoms with Crippen LogP contribution in [0.4, 0.5) is 0 Å². The van der Waals surface area contributed by atoms with Gasteiger partial charge in [-0.25, -0.2) is 0 Å². The van der Waals surface area contributed by atoms with Crippen molar-refractivity contribution in [1.82, 2.24) is 9.78 Å². The van der Waals surface area contributed by atoms with Crippen LogP contribution in [-0.4, -0.2) is 16.1 Å². The minimum Gasteiger partial charge on any atom is -0.303 e. The third kappa shape index (κ3) is 1.35. The molecule has 1 heterocycles. The number of benzene rings is 1. The molecule has 1 aliphatic rings. The van der Waals surface area contributed by atoms with Crippen LogP contribution in [0.2, 0.25) is 0 Å². The van der Waals surface area contributed by atoms with Crippen LogP contribution in [0.15, 0.2) is 30.5 Å². The lowest BCUT2D eigenvalue weighted by Crippen LogP contribution is -2.16. The van der Waals surface area contributed by atoms with Crippen molar-refractivity contribution in [3.8, 4) is 0 Å². The van der Waals surface area contributed by atoms with Crippen LogP contribution in [0.3, 0.4) is 0 Å². The first kappa shape index (κ1) is 9.58. The molecule has 3 heteroatoms. The lowest BCUT2D eigenvalue weighted by atomic mass is 10.1. The van der Waals surface area contributed by atoms with Crippen LogP contribution >= 0.6 is 0 Å². The third-order valence-corrected chi connectivity index (χ3v) is 3.53. The second-order valence-corrected chi connectivity index (χ2v) is 4.45. The Bertz CT molecular complexity index is 517. The summed E-state index contributed by atoms with van der Waals surface area (Å²) in [5.41, 5.74) is 1.14. The van der Waals surface area contributed by atoms with Gasteiger partial charge < -0.3 is 4.79 Å². The average Bonchev–Trinajstić information content (AvgIpc) is 2.94. The number of nitrogens with zero attached hydrogens (tertiary/aromatic N) is 2. The van der Waals surface area contributed by atoms with Crippen LogP contribution in [0.1, 0.15) is 25.3 Å². The number of aromatic nitrogens is 2. The second kappa shape index (κ2) is 3.74. The molecule has 1 saturated carbocycles. The van der Waals surface area contributed by atoms with Crippen LogP contribution in [0.25, 0.3) is 10.9 Å². The Kier molecular flexibility index (Phi) is 2.24. The van der Waals surface area contributed by atoms with Crippen molar-refractivity contribution in [2.45, 2.75) is 25.3 Å². The van der Waals surface area contributed by atoms with E-state index < -0.39 is 0 Å². The molecule has 2 aromatic rings. The zero-order valence-electron chi connectivity index (χ0n) is 9.04. The molecule has 0 amide bonds. The SMILES string of the molecule is O=CC1CCCC1n1ncc2ccccc21. The lowest BCUT2D eigenvalue weighted by molar-refractivity contribution is -0.111. The van der Waals surface area contributed by atoms with Gasteiger partial charge in [0.25, 0.3) is 0 Å². The largest absolute Gasteiger partial charge is 0.303 e. The molecule has 0 saturated heterocycles. The van der Waals surface area contributed by atoms with Crippen LogP contribution in [0.5, 0.6) is 0 Å². The summed E-state index contributed by atoms with van der Waals surface area (Å²) in [5, 5.41) is 5.59. The van der Waals surface area contributed by atoms with Gasteiger partial charge in [-0.1, -0.05) is 24.6 Å². The Morgan fingerprint density at radius 2 is 2.19 bits per heavy atom. The maximum absolute atomic E-state index is 11.0.